The molecule has 12 heteroatoms. The lowest BCUT2D eigenvalue weighted by atomic mass is 10.1. The topological polar surface area (TPSA) is 137 Å². The van der Waals surface area contributed by atoms with Gasteiger partial charge in [0.25, 0.3) is 5.91 Å². The average Bonchev–Trinajstić information content (AvgIpc) is 2.88. The van der Waals surface area contributed by atoms with Gasteiger partial charge in [0.1, 0.15) is 11.9 Å². The molecule has 1 fully saturated rings. The van der Waals surface area contributed by atoms with Crippen LogP contribution in [0, 0.1) is 5.82 Å². The van der Waals surface area contributed by atoms with Crippen LogP contribution in [0.15, 0.2) is 30.5 Å². The normalized spacial score (nSPS) is 20.6. The zero-order valence-electron chi connectivity index (χ0n) is 18.9. The van der Waals surface area contributed by atoms with Crippen molar-refractivity contribution >= 4 is 22.8 Å². The van der Waals surface area contributed by atoms with Crippen LogP contribution in [0.25, 0.3) is 11.0 Å². The lowest BCUT2D eigenvalue weighted by Gasteiger charge is -2.32. The summed E-state index contributed by atoms with van der Waals surface area (Å²) >= 11 is 0. The molecule has 0 saturated carbocycles. The Balaban J connectivity index is 1.16. The Hall–Kier alpha value is -3.45. The summed E-state index contributed by atoms with van der Waals surface area (Å²) in [7, 11) is 1.47. The number of nitrogens with one attached hydrogen (secondary N) is 2. The molecule has 0 spiro atoms. The van der Waals surface area contributed by atoms with Gasteiger partial charge >= 0.3 is 0 Å². The van der Waals surface area contributed by atoms with E-state index in [4.69, 9.17) is 18.9 Å². The van der Waals surface area contributed by atoms with E-state index in [0.717, 1.165) is 6.20 Å². The van der Waals surface area contributed by atoms with E-state index < -0.39 is 18.2 Å². The largest absolute Gasteiger partial charge is 0.481 e. The molecule has 184 valence electrons. The van der Waals surface area contributed by atoms with Crippen molar-refractivity contribution in [2.45, 2.75) is 31.4 Å². The number of fused-ring (bicyclic) bond motifs is 2. The number of halogens is 1. The van der Waals surface area contributed by atoms with Gasteiger partial charge in [-0.15, -0.1) is 0 Å². The van der Waals surface area contributed by atoms with Crippen molar-refractivity contribution in [2.24, 2.45) is 0 Å². The molecule has 1 saturated heterocycles. The number of carbonyl (C=O) groups excluding carboxylic acids is 1. The SMILES string of the molecule is COc1ccc2ncc(F)c(C[C@H](O)[C@H]3OC[C@H](NCc4ccc5c(n4)NC(=O)CO5)CO3)c2n1. The maximum atomic E-state index is 14.6. The van der Waals surface area contributed by atoms with Gasteiger partial charge in [-0.25, -0.2) is 14.4 Å². The van der Waals surface area contributed by atoms with E-state index >= 15 is 0 Å². The Bertz CT molecular complexity index is 1240. The Morgan fingerprint density at radius 2 is 2.09 bits per heavy atom. The molecule has 3 aromatic heterocycles. The van der Waals surface area contributed by atoms with Crippen molar-refractivity contribution in [3.63, 3.8) is 0 Å². The first-order chi connectivity index (χ1) is 17.0. The van der Waals surface area contributed by atoms with E-state index in [9.17, 15) is 14.3 Å². The van der Waals surface area contributed by atoms with Crippen LogP contribution in [0.2, 0.25) is 0 Å². The van der Waals surface area contributed by atoms with Crippen molar-refractivity contribution in [2.75, 3.05) is 32.2 Å². The number of anilines is 1. The molecule has 11 nitrogen and oxygen atoms in total. The molecular formula is C23H24FN5O6. The third kappa shape index (κ3) is 5.15. The zero-order valence-corrected chi connectivity index (χ0v) is 18.9. The molecule has 3 N–H and O–H groups in total. The number of hydrogen-bond donors (Lipinski definition) is 3. The number of pyridine rings is 3. The molecule has 2 aliphatic heterocycles. The number of rotatable bonds is 7. The van der Waals surface area contributed by atoms with E-state index in [2.05, 4.69) is 25.6 Å². The number of ether oxygens (including phenoxy) is 4. The van der Waals surface area contributed by atoms with Crippen LogP contribution in [0.1, 0.15) is 11.3 Å². The number of carbonyl (C=O) groups is 1. The second-order valence-electron chi connectivity index (χ2n) is 8.18. The van der Waals surface area contributed by atoms with Crippen molar-refractivity contribution in [3.8, 4) is 11.6 Å². The highest BCUT2D eigenvalue weighted by Gasteiger charge is 2.30. The molecule has 5 heterocycles. The smallest absolute Gasteiger partial charge is 0.263 e. The van der Waals surface area contributed by atoms with Gasteiger partial charge in [0, 0.05) is 24.6 Å². The van der Waals surface area contributed by atoms with E-state index in [0.29, 0.717) is 40.7 Å². The van der Waals surface area contributed by atoms with Gasteiger partial charge in [-0.1, -0.05) is 0 Å². The summed E-state index contributed by atoms with van der Waals surface area (Å²) in [4.78, 5) is 24.2. The van der Waals surface area contributed by atoms with E-state index in [1.807, 2.05) is 0 Å². The van der Waals surface area contributed by atoms with E-state index in [1.54, 1.807) is 24.3 Å². The summed E-state index contributed by atoms with van der Waals surface area (Å²) in [6.07, 6.45) is -1.00. The first-order valence-electron chi connectivity index (χ1n) is 11.1. The monoisotopic (exact) mass is 485 g/mol. The predicted octanol–water partition coefficient (Wildman–Crippen LogP) is 0.938. The zero-order chi connectivity index (χ0) is 24.4. The average molecular weight is 485 g/mol. The second kappa shape index (κ2) is 10.0. The van der Waals surface area contributed by atoms with Crippen LogP contribution in [-0.4, -0.2) is 71.3 Å². The molecule has 0 aromatic carbocycles. The third-order valence-corrected chi connectivity index (χ3v) is 5.70. The van der Waals surface area contributed by atoms with Crippen LogP contribution in [0.5, 0.6) is 11.6 Å². The number of hydrogen-bond acceptors (Lipinski definition) is 10. The molecule has 35 heavy (non-hydrogen) atoms. The second-order valence-corrected chi connectivity index (χ2v) is 8.18. The van der Waals surface area contributed by atoms with Crippen LogP contribution < -0.4 is 20.1 Å². The third-order valence-electron chi connectivity index (χ3n) is 5.70. The molecule has 0 radical (unpaired) electrons. The number of aromatic nitrogens is 3. The predicted molar refractivity (Wildman–Crippen MR) is 120 cm³/mol. The summed E-state index contributed by atoms with van der Waals surface area (Å²) in [6, 6.07) is 6.73. The van der Waals surface area contributed by atoms with Gasteiger partial charge in [-0.3, -0.25) is 9.78 Å². The molecule has 0 bridgehead atoms. The van der Waals surface area contributed by atoms with Gasteiger partial charge in [0.2, 0.25) is 5.88 Å². The molecule has 0 unspecified atom stereocenters. The maximum Gasteiger partial charge on any atom is 0.263 e. The molecule has 1 amide bonds. The molecule has 3 aromatic rings. The van der Waals surface area contributed by atoms with E-state index in [-0.39, 0.29) is 43.8 Å². The summed E-state index contributed by atoms with van der Waals surface area (Å²) in [5.74, 6) is 0.419. The highest BCUT2D eigenvalue weighted by Crippen LogP contribution is 2.26. The Morgan fingerprint density at radius 3 is 2.89 bits per heavy atom. The van der Waals surface area contributed by atoms with Gasteiger partial charge < -0.3 is 34.7 Å². The number of nitrogens with zero attached hydrogens (tertiary/aromatic N) is 3. The van der Waals surface area contributed by atoms with Crippen molar-refractivity contribution in [3.05, 3.63) is 47.5 Å². The summed E-state index contributed by atoms with van der Waals surface area (Å²) in [6.45, 7) is 0.941. The Labute approximate surface area is 199 Å². The van der Waals surface area contributed by atoms with Crippen molar-refractivity contribution in [1.82, 2.24) is 20.3 Å². The minimum Gasteiger partial charge on any atom is -0.481 e. The number of aliphatic hydroxyl groups excluding tert-OH is 1. The lowest BCUT2D eigenvalue weighted by molar-refractivity contribution is -0.230. The Morgan fingerprint density at radius 1 is 1.26 bits per heavy atom. The van der Waals surface area contributed by atoms with Crippen molar-refractivity contribution in [1.29, 1.82) is 0 Å². The number of aliphatic hydroxyl groups is 1. The summed E-state index contributed by atoms with van der Waals surface area (Å²) in [5, 5.41) is 16.6. The number of amides is 1. The van der Waals surface area contributed by atoms with Gasteiger partial charge in [-0.2, -0.15) is 0 Å². The van der Waals surface area contributed by atoms with Crippen LogP contribution in [-0.2, 0) is 27.2 Å². The minimum atomic E-state index is -1.12. The molecule has 5 rings (SSSR count). The maximum absolute atomic E-state index is 14.6. The van der Waals surface area contributed by atoms with Crippen LogP contribution in [0.3, 0.4) is 0 Å². The molecule has 1 atom stereocenters. The molecular weight excluding hydrogens is 461 g/mol. The van der Waals surface area contributed by atoms with Crippen molar-refractivity contribution < 1.29 is 33.2 Å². The Kier molecular flexibility index (Phi) is 6.68. The number of methoxy groups -OCH3 is 1. The fourth-order valence-corrected chi connectivity index (χ4v) is 3.90. The highest BCUT2D eigenvalue weighted by molar-refractivity contribution is 5.94. The lowest BCUT2D eigenvalue weighted by Crippen LogP contribution is -2.48. The standard InChI is InChI=1S/C23H24FN5O6/c1-32-20-5-3-16-21(29-20)14(15(24)8-26-16)6-17(30)23-34-9-13(10-35-23)25-7-12-2-4-18-22(27-12)28-19(31)11-33-18/h2-5,8,13,17,23,25,30H,6-7,9-11H2,1H3,(H,27,28,31)/t13-,17-,23-/m0/s1. The fourth-order valence-electron chi connectivity index (χ4n) is 3.90. The summed E-state index contributed by atoms with van der Waals surface area (Å²) in [5.41, 5.74) is 1.73. The first-order valence-corrected chi connectivity index (χ1v) is 11.1. The summed E-state index contributed by atoms with van der Waals surface area (Å²) < 4.78 is 36.4. The quantitative estimate of drug-likeness (QED) is 0.443. The molecule has 2 aliphatic rings. The van der Waals surface area contributed by atoms with Crippen LogP contribution in [0.4, 0.5) is 10.2 Å². The van der Waals surface area contributed by atoms with E-state index in [1.165, 1.54) is 7.11 Å². The fraction of sp³-hybridized carbons (Fsp3) is 0.391. The van der Waals surface area contributed by atoms with Gasteiger partial charge in [-0.05, 0) is 18.2 Å². The minimum absolute atomic E-state index is 0.0230. The van der Waals surface area contributed by atoms with Gasteiger partial charge in [0.15, 0.2) is 24.5 Å². The highest BCUT2D eigenvalue weighted by atomic mass is 19.1. The van der Waals surface area contributed by atoms with Gasteiger partial charge in [0.05, 0.1) is 49.3 Å². The first kappa shape index (κ1) is 23.3. The molecule has 0 aliphatic carbocycles. The van der Waals surface area contributed by atoms with Crippen LogP contribution >= 0.6 is 0 Å².